The summed E-state index contributed by atoms with van der Waals surface area (Å²) in [4.78, 5) is 0. The lowest BCUT2D eigenvalue weighted by Gasteiger charge is -2.21. The highest BCUT2D eigenvalue weighted by atomic mass is 31.1. The molecule has 0 amide bonds. The van der Waals surface area contributed by atoms with Crippen molar-refractivity contribution in [1.29, 1.82) is 0 Å². The molecule has 19 heavy (non-hydrogen) atoms. The predicted molar refractivity (Wildman–Crippen MR) is 87.7 cm³/mol. The summed E-state index contributed by atoms with van der Waals surface area (Å²) in [5.74, 6) is 0. The Morgan fingerprint density at radius 1 is 0.895 bits per heavy atom. The van der Waals surface area contributed by atoms with Crippen LogP contribution in [0.5, 0.6) is 0 Å². The highest BCUT2D eigenvalue weighted by Crippen LogP contribution is 2.41. The number of hydrogen-bond donors (Lipinski definition) is 0. The second-order valence-corrected chi connectivity index (χ2v) is 7.34. The normalized spacial score (nSPS) is 12.5. The van der Waals surface area contributed by atoms with E-state index in [1.807, 2.05) is 0 Å². The molecule has 0 spiro atoms. The molecule has 0 aromatic heterocycles. The molecule has 0 radical (unpaired) electrons. The Kier molecular flexibility index (Phi) is 5.48. The monoisotopic (exact) mass is 269 g/mol. The maximum Gasteiger partial charge on any atom is 0.121 e. The molecule has 0 aliphatic heterocycles. The van der Waals surface area contributed by atoms with E-state index >= 15 is 0 Å². The molecule has 0 fully saturated rings. The smallest absolute Gasteiger partial charge is 0.0654 e. The van der Waals surface area contributed by atoms with Crippen molar-refractivity contribution in [2.75, 3.05) is 0 Å². The molecule has 1 heteroatoms. The highest BCUT2D eigenvalue weighted by Gasteiger charge is 2.25. The third kappa shape index (κ3) is 3.85. The van der Waals surface area contributed by atoms with Gasteiger partial charge in [-0.2, -0.15) is 0 Å². The zero-order valence-electron chi connectivity index (χ0n) is 11.6. The first-order valence-electron chi connectivity index (χ1n) is 7.05. The summed E-state index contributed by atoms with van der Waals surface area (Å²) in [6.45, 7) is 6.71. The fourth-order valence-corrected chi connectivity index (χ4v) is 4.89. The highest BCUT2D eigenvalue weighted by molar-refractivity contribution is 7.73. The summed E-state index contributed by atoms with van der Waals surface area (Å²) in [6, 6.07) is 21.7. The molecule has 98 valence electrons. The van der Waals surface area contributed by atoms with Gasteiger partial charge in [0, 0.05) is 7.92 Å². The summed E-state index contributed by atoms with van der Waals surface area (Å²) in [5.41, 5.74) is 0.500. The summed E-state index contributed by atoms with van der Waals surface area (Å²) in [5, 5.41) is 2.89. The lowest BCUT2D eigenvalue weighted by Crippen LogP contribution is -2.19. The molecule has 2 aromatic carbocycles. The summed E-state index contributed by atoms with van der Waals surface area (Å²) in [7, 11) is -0.335. The third-order valence-electron chi connectivity index (χ3n) is 3.32. The molecule has 0 N–H and O–H groups in total. The second-order valence-electron chi connectivity index (χ2n) is 4.84. The van der Waals surface area contributed by atoms with Gasteiger partial charge in [-0.3, -0.25) is 0 Å². The van der Waals surface area contributed by atoms with E-state index in [0.29, 0.717) is 5.66 Å². The van der Waals surface area contributed by atoms with E-state index in [0.717, 1.165) is 0 Å². The summed E-state index contributed by atoms with van der Waals surface area (Å²) in [6.07, 6.45) is 3.73. The van der Waals surface area contributed by atoms with E-state index in [4.69, 9.17) is 0 Å². The molecule has 1 atom stereocenters. The summed E-state index contributed by atoms with van der Waals surface area (Å²) >= 11 is 0. The van der Waals surface area contributed by atoms with Gasteiger partial charge < -0.3 is 0 Å². The van der Waals surface area contributed by atoms with Crippen molar-refractivity contribution >= 4 is 18.5 Å². The maximum atomic E-state index is 4.46. The Morgan fingerprint density at radius 3 is 1.79 bits per heavy atom. The van der Waals surface area contributed by atoms with Gasteiger partial charge in [-0.1, -0.05) is 74.0 Å². The zero-order valence-corrected chi connectivity index (χ0v) is 12.5. The molecule has 0 bridgehead atoms. The largest absolute Gasteiger partial charge is 0.121 e. The number of rotatable bonds is 6. The van der Waals surface area contributed by atoms with Gasteiger partial charge >= 0.3 is 0 Å². The molecule has 0 saturated carbocycles. The van der Waals surface area contributed by atoms with Crippen molar-refractivity contribution < 1.29 is 0 Å². The number of benzene rings is 2. The first kappa shape index (κ1) is 14.2. The van der Waals surface area contributed by atoms with E-state index in [1.54, 1.807) is 0 Å². The average Bonchev–Trinajstić information content (AvgIpc) is 2.47. The molecule has 0 saturated heterocycles. The first-order chi connectivity index (χ1) is 9.33. The van der Waals surface area contributed by atoms with Crippen molar-refractivity contribution in [2.45, 2.75) is 31.8 Å². The average molecular weight is 269 g/mol. The van der Waals surface area contributed by atoms with Crippen LogP contribution in [0.3, 0.4) is 0 Å². The van der Waals surface area contributed by atoms with Crippen LogP contribution >= 0.6 is 7.92 Å². The van der Waals surface area contributed by atoms with Crippen molar-refractivity contribution in [1.82, 2.24) is 0 Å². The van der Waals surface area contributed by atoms with E-state index in [9.17, 15) is 0 Å². The van der Waals surface area contributed by atoms with Gasteiger partial charge in [-0.25, -0.2) is 0 Å². The lowest BCUT2D eigenvalue weighted by molar-refractivity contribution is 0.734. The van der Waals surface area contributed by atoms with Crippen LogP contribution in [-0.2, 0) is 0 Å². The van der Waals surface area contributed by atoms with Crippen LogP contribution in [0.15, 0.2) is 60.7 Å². The van der Waals surface area contributed by atoms with Gasteiger partial charge in [0.25, 0.3) is 0 Å². The minimum Gasteiger partial charge on any atom is -0.0654 e. The minimum atomic E-state index is -0.335. The SMILES string of the molecule is [CH2+]C(CCCC)P(c1ccccc1)c1ccccc1. The predicted octanol–water partition coefficient (Wildman–Crippen LogP) is 4.51. The summed E-state index contributed by atoms with van der Waals surface area (Å²) < 4.78 is 0. The zero-order chi connectivity index (χ0) is 13.5. The Bertz CT molecular complexity index is 424. The second kappa shape index (κ2) is 7.36. The van der Waals surface area contributed by atoms with Crippen molar-refractivity contribution in [3.63, 3.8) is 0 Å². The molecule has 1 unspecified atom stereocenters. The number of hydrogen-bond acceptors (Lipinski definition) is 0. The van der Waals surface area contributed by atoms with E-state index < -0.39 is 0 Å². The topological polar surface area (TPSA) is 0 Å². The molecule has 0 heterocycles. The van der Waals surface area contributed by atoms with Crippen molar-refractivity contribution in [3.8, 4) is 0 Å². The van der Waals surface area contributed by atoms with Gasteiger partial charge in [0.05, 0.1) is 6.92 Å². The Hall–Kier alpha value is -1.26. The van der Waals surface area contributed by atoms with Gasteiger partial charge in [-0.15, -0.1) is 0 Å². The van der Waals surface area contributed by atoms with Gasteiger partial charge in [0.2, 0.25) is 0 Å². The Balaban J connectivity index is 2.29. The third-order valence-corrected chi connectivity index (χ3v) is 6.02. The van der Waals surface area contributed by atoms with Crippen LogP contribution in [0.4, 0.5) is 0 Å². The van der Waals surface area contributed by atoms with E-state index in [1.165, 1.54) is 29.9 Å². The molecule has 0 aliphatic carbocycles. The van der Waals surface area contributed by atoms with Crippen molar-refractivity contribution in [3.05, 3.63) is 67.6 Å². The molecule has 0 aliphatic rings. The van der Waals surface area contributed by atoms with Crippen LogP contribution in [-0.4, -0.2) is 5.66 Å². The van der Waals surface area contributed by atoms with Gasteiger partial charge in [-0.05, 0) is 23.5 Å². The fourth-order valence-electron chi connectivity index (χ4n) is 2.32. The quantitative estimate of drug-likeness (QED) is 0.534. The van der Waals surface area contributed by atoms with Crippen LogP contribution in [0.1, 0.15) is 26.2 Å². The Morgan fingerprint density at radius 2 is 1.37 bits per heavy atom. The maximum absolute atomic E-state index is 4.46. The molecule has 2 aromatic rings. The minimum absolute atomic E-state index is 0.335. The van der Waals surface area contributed by atoms with Crippen LogP contribution in [0.2, 0.25) is 0 Å². The number of unbranched alkanes of at least 4 members (excludes halogenated alkanes) is 1. The molecule has 0 nitrogen and oxygen atoms in total. The Labute approximate surface area is 118 Å². The van der Waals surface area contributed by atoms with E-state index in [-0.39, 0.29) is 7.92 Å². The van der Waals surface area contributed by atoms with Crippen molar-refractivity contribution in [2.24, 2.45) is 0 Å². The standard InChI is InChI=1S/C18H22P/c1-3-4-11-16(2)19(17-12-7-5-8-13-17)18-14-9-6-10-15-18/h5-10,12-16H,2-4,11H2,1H3/q+1. The van der Waals surface area contributed by atoms with E-state index in [2.05, 4.69) is 74.5 Å². The molecular formula is C18H22P+. The van der Waals surface area contributed by atoms with Crippen LogP contribution in [0.25, 0.3) is 0 Å². The first-order valence-corrected chi connectivity index (χ1v) is 8.46. The van der Waals surface area contributed by atoms with Crippen LogP contribution < -0.4 is 10.6 Å². The fraction of sp³-hybridized carbons (Fsp3) is 0.278. The van der Waals surface area contributed by atoms with Gasteiger partial charge in [0.15, 0.2) is 0 Å². The lowest BCUT2D eigenvalue weighted by atomic mass is 10.2. The molecular weight excluding hydrogens is 247 g/mol. The van der Waals surface area contributed by atoms with Gasteiger partial charge in [0.1, 0.15) is 5.66 Å². The molecule has 2 rings (SSSR count). The van der Waals surface area contributed by atoms with Crippen LogP contribution in [0, 0.1) is 6.92 Å².